The van der Waals surface area contributed by atoms with Gasteiger partial charge in [0.15, 0.2) is 0 Å². The van der Waals surface area contributed by atoms with Gasteiger partial charge < -0.3 is 15.2 Å². The van der Waals surface area contributed by atoms with Crippen molar-refractivity contribution in [3.63, 3.8) is 0 Å². The van der Waals surface area contributed by atoms with Crippen LogP contribution in [0.25, 0.3) is 0 Å². The standard InChI is InChI=1S/C11H15F3N2O2/c1-3-17-6-7(2)18-10-5-8(11(12,13)14)4-9(15)16-10/h4-5,7H,3,6H2,1-2H3,(H2,15,16). The quantitative estimate of drug-likeness (QED) is 0.887. The Kier molecular flexibility index (Phi) is 4.77. The molecule has 2 N–H and O–H groups in total. The van der Waals surface area contributed by atoms with Gasteiger partial charge in [-0.05, 0) is 19.9 Å². The molecule has 1 heterocycles. The second-order valence-corrected chi connectivity index (χ2v) is 3.70. The summed E-state index contributed by atoms with van der Waals surface area (Å²) in [6.45, 7) is 4.27. The van der Waals surface area contributed by atoms with Crippen LogP contribution >= 0.6 is 0 Å². The third kappa shape index (κ3) is 4.40. The lowest BCUT2D eigenvalue weighted by atomic mass is 10.2. The number of ether oxygens (including phenoxy) is 2. The Labute approximate surface area is 103 Å². The first kappa shape index (κ1) is 14.6. The fourth-order valence-corrected chi connectivity index (χ4v) is 1.27. The molecule has 4 nitrogen and oxygen atoms in total. The topological polar surface area (TPSA) is 57.4 Å². The molecule has 0 aliphatic heterocycles. The average Bonchev–Trinajstić information content (AvgIpc) is 2.24. The van der Waals surface area contributed by atoms with Crippen molar-refractivity contribution < 1.29 is 22.6 Å². The van der Waals surface area contributed by atoms with Crippen molar-refractivity contribution in [2.75, 3.05) is 18.9 Å². The van der Waals surface area contributed by atoms with E-state index >= 15 is 0 Å². The number of nitrogens with zero attached hydrogens (tertiary/aromatic N) is 1. The molecule has 0 aliphatic carbocycles. The van der Waals surface area contributed by atoms with E-state index in [9.17, 15) is 13.2 Å². The smallest absolute Gasteiger partial charge is 0.416 e. The van der Waals surface area contributed by atoms with Crippen LogP contribution < -0.4 is 10.5 Å². The predicted octanol–water partition coefficient (Wildman–Crippen LogP) is 2.49. The second kappa shape index (κ2) is 5.90. The molecule has 0 spiro atoms. The Morgan fingerprint density at radius 2 is 2.06 bits per heavy atom. The zero-order chi connectivity index (χ0) is 13.8. The highest BCUT2D eigenvalue weighted by atomic mass is 19.4. The van der Waals surface area contributed by atoms with Crippen LogP contribution in [-0.2, 0) is 10.9 Å². The molecular weight excluding hydrogens is 249 g/mol. The number of anilines is 1. The van der Waals surface area contributed by atoms with Crippen LogP contribution in [0.5, 0.6) is 5.88 Å². The van der Waals surface area contributed by atoms with E-state index < -0.39 is 17.8 Å². The normalized spacial score (nSPS) is 13.4. The highest BCUT2D eigenvalue weighted by molar-refractivity contribution is 5.38. The molecule has 18 heavy (non-hydrogen) atoms. The van der Waals surface area contributed by atoms with E-state index in [1.165, 1.54) is 0 Å². The predicted molar refractivity (Wildman–Crippen MR) is 60.2 cm³/mol. The Bertz CT molecular complexity index is 396. The van der Waals surface area contributed by atoms with E-state index in [4.69, 9.17) is 15.2 Å². The van der Waals surface area contributed by atoms with Crippen molar-refractivity contribution in [3.05, 3.63) is 17.7 Å². The first-order valence-electron chi connectivity index (χ1n) is 5.42. The molecule has 0 saturated carbocycles. The summed E-state index contributed by atoms with van der Waals surface area (Å²) in [5.74, 6) is -0.391. The molecular formula is C11H15F3N2O2. The summed E-state index contributed by atoms with van der Waals surface area (Å²) in [5.41, 5.74) is 4.43. The van der Waals surface area contributed by atoms with Gasteiger partial charge in [-0.3, -0.25) is 0 Å². The van der Waals surface area contributed by atoms with Crippen LogP contribution in [0.3, 0.4) is 0 Å². The molecule has 0 bridgehead atoms. The zero-order valence-electron chi connectivity index (χ0n) is 10.1. The third-order valence-corrected chi connectivity index (χ3v) is 2.03. The van der Waals surface area contributed by atoms with Gasteiger partial charge in [-0.2, -0.15) is 18.2 Å². The Hall–Kier alpha value is -1.50. The van der Waals surface area contributed by atoms with Crippen LogP contribution in [0, 0.1) is 0 Å². The summed E-state index contributed by atoms with van der Waals surface area (Å²) in [6.07, 6.45) is -4.88. The van der Waals surface area contributed by atoms with Crippen LogP contribution in [-0.4, -0.2) is 24.3 Å². The summed E-state index contributed by atoms with van der Waals surface area (Å²) in [6, 6.07) is 1.58. The summed E-state index contributed by atoms with van der Waals surface area (Å²) < 4.78 is 47.9. The SMILES string of the molecule is CCOCC(C)Oc1cc(C(F)(F)F)cc(N)n1. The fraction of sp³-hybridized carbons (Fsp3) is 0.545. The minimum Gasteiger partial charge on any atom is -0.472 e. The van der Waals surface area contributed by atoms with E-state index in [1.807, 2.05) is 6.92 Å². The third-order valence-electron chi connectivity index (χ3n) is 2.03. The summed E-state index contributed by atoms with van der Waals surface area (Å²) >= 11 is 0. The van der Waals surface area contributed by atoms with Gasteiger partial charge in [0.25, 0.3) is 0 Å². The van der Waals surface area contributed by atoms with Crippen molar-refractivity contribution in [2.24, 2.45) is 0 Å². The van der Waals surface area contributed by atoms with E-state index in [-0.39, 0.29) is 18.3 Å². The maximum absolute atomic E-state index is 12.5. The molecule has 7 heteroatoms. The molecule has 1 aromatic heterocycles. The van der Waals surface area contributed by atoms with Gasteiger partial charge in [-0.25, -0.2) is 0 Å². The first-order chi connectivity index (χ1) is 8.32. The van der Waals surface area contributed by atoms with Gasteiger partial charge in [0.2, 0.25) is 5.88 Å². The lowest BCUT2D eigenvalue weighted by Crippen LogP contribution is -2.20. The lowest BCUT2D eigenvalue weighted by molar-refractivity contribution is -0.137. The maximum atomic E-state index is 12.5. The molecule has 0 amide bonds. The number of hydrogen-bond donors (Lipinski definition) is 1. The van der Waals surface area contributed by atoms with Crippen molar-refractivity contribution >= 4 is 5.82 Å². The number of alkyl halides is 3. The Balaban J connectivity index is 2.80. The molecule has 0 saturated heterocycles. The van der Waals surface area contributed by atoms with Gasteiger partial charge in [0.1, 0.15) is 11.9 Å². The average molecular weight is 264 g/mol. The van der Waals surface area contributed by atoms with Crippen LogP contribution in [0.15, 0.2) is 12.1 Å². The molecule has 1 aromatic rings. The van der Waals surface area contributed by atoms with E-state index in [2.05, 4.69) is 4.98 Å². The van der Waals surface area contributed by atoms with Crippen LogP contribution in [0.2, 0.25) is 0 Å². The van der Waals surface area contributed by atoms with Crippen LogP contribution in [0.1, 0.15) is 19.4 Å². The van der Waals surface area contributed by atoms with Crippen LogP contribution in [0.4, 0.5) is 19.0 Å². The minimum absolute atomic E-state index is 0.158. The summed E-state index contributed by atoms with van der Waals surface area (Å²) in [5, 5.41) is 0. The molecule has 1 unspecified atom stereocenters. The molecule has 102 valence electrons. The van der Waals surface area contributed by atoms with Gasteiger partial charge in [0, 0.05) is 12.7 Å². The van der Waals surface area contributed by atoms with E-state index in [1.54, 1.807) is 6.92 Å². The molecule has 0 aromatic carbocycles. The van der Waals surface area contributed by atoms with E-state index in [0.29, 0.717) is 6.61 Å². The number of nitrogen functional groups attached to an aromatic ring is 1. The van der Waals surface area contributed by atoms with Gasteiger partial charge >= 0.3 is 6.18 Å². The van der Waals surface area contributed by atoms with Crippen molar-refractivity contribution in [3.8, 4) is 5.88 Å². The van der Waals surface area contributed by atoms with Crippen molar-refractivity contribution in [1.29, 1.82) is 0 Å². The Morgan fingerprint density at radius 3 is 2.61 bits per heavy atom. The van der Waals surface area contributed by atoms with Gasteiger partial charge in [-0.1, -0.05) is 0 Å². The number of pyridine rings is 1. The second-order valence-electron chi connectivity index (χ2n) is 3.70. The maximum Gasteiger partial charge on any atom is 0.416 e. The number of nitrogens with two attached hydrogens (primary N) is 1. The molecule has 1 atom stereocenters. The first-order valence-corrected chi connectivity index (χ1v) is 5.42. The molecule has 0 radical (unpaired) electrons. The number of hydrogen-bond acceptors (Lipinski definition) is 4. The van der Waals surface area contributed by atoms with Gasteiger partial charge in [-0.15, -0.1) is 0 Å². The summed E-state index contributed by atoms with van der Waals surface area (Å²) in [4.78, 5) is 3.70. The number of rotatable bonds is 5. The highest BCUT2D eigenvalue weighted by Crippen LogP contribution is 2.32. The number of halogens is 3. The molecule has 0 aliphatic rings. The Morgan fingerprint density at radius 1 is 1.39 bits per heavy atom. The van der Waals surface area contributed by atoms with Crippen molar-refractivity contribution in [2.45, 2.75) is 26.1 Å². The zero-order valence-corrected chi connectivity index (χ0v) is 10.1. The fourth-order valence-electron chi connectivity index (χ4n) is 1.27. The van der Waals surface area contributed by atoms with Crippen molar-refractivity contribution in [1.82, 2.24) is 4.98 Å². The monoisotopic (exact) mass is 264 g/mol. The molecule has 1 rings (SSSR count). The minimum atomic E-state index is -4.47. The molecule has 0 fully saturated rings. The number of aromatic nitrogens is 1. The lowest BCUT2D eigenvalue weighted by Gasteiger charge is -2.15. The summed E-state index contributed by atoms with van der Waals surface area (Å²) in [7, 11) is 0. The van der Waals surface area contributed by atoms with Gasteiger partial charge in [0.05, 0.1) is 12.2 Å². The highest BCUT2D eigenvalue weighted by Gasteiger charge is 2.31. The largest absolute Gasteiger partial charge is 0.472 e. The van der Waals surface area contributed by atoms with E-state index in [0.717, 1.165) is 12.1 Å².